The first kappa shape index (κ1) is 11.1. The Morgan fingerprint density at radius 2 is 2.41 bits per heavy atom. The molecule has 7 nitrogen and oxygen atoms in total. The summed E-state index contributed by atoms with van der Waals surface area (Å²) >= 11 is 0. The molecule has 0 aliphatic carbocycles. The van der Waals surface area contributed by atoms with Gasteiger partial charge in [0.25, 0.3) is 0 Å². The maximum atomic E-state index is 10.7. The Kier molecular flexibility index (Phi) is 2.99. The van der Waals surface area contributed by atoms with Crippen LogP contribution >= 0.6 is 0 Å². The molecule has 0 bridgehead atoms. The summed E-state index contributed by atoms with van der Waals surface area (Å²) in [6.07, 6.45) is 1.42. The third-order valence-electron chi connectivity index (χ3n) is 2.00. The van der Waals surface area contributed by atoms with Crippen LogP contribution < -0.4 is 5.32 Å². The number of carbonyl (C=O) groups is 1. The first-order valence-corrected chi connectivity index (χ1v) is 4.87. The van der Waals surface area contributed by atoms with Gasteiger partial charge in [0.05, 0.1) is 6.54 Å². The average molecular weight is 234 g/mol. The summed E-state index contributed by atoms with van der Waals surface area (Å²) in [7, 11) is 0. The fourth-order valence-corrected chi connectivity index (χ4v) is 1.25. The fourth-order valence-electron chi connectivity index (χ4n) is 1.25. The highest BCUT2D eigenvalue weighted by Crippen LogP contribution is 2.09. The van der Waals surface area contributed by atoms with Crippen LogP contribution in [0.25, 0.3) is 0 Å². The van der Waals surface area contributed by atoms with E-state index in [1.54, 1.807) is 13.0 Å². The van der Waals surface area contributed by atoms with E-state index in [1.165, 1.54) is 12.3 Å². The van der Waals surface area contributed by atoms with Crippen molar-refractivity contribution in [3.8, 4) is 0 Å². The molecule has 0 aliphatic heterocycles. The van der Waals surface area contributed by atoms with Crippen LogP contribution in [0.1, 0.15) is 22.2 Å². The van der Waals surface area contributed by atoms with E-state index >= 15 is 0 Å². The molecule has 2 heterocycles. The van der Waals surface area contributed by atoms with Crippen molar-refractivity contribution < 1.29 is 14.4 Å². The zero-order chi connectivity index (χ0) is 12.3. The van der Waals surface area contributed by atoms with Gasteiger partial charge in [-0.05, 0) is 12.1 Å². The van der Waals surface area contributed by atoms with Crippen LogP contribution in [0.4, 0.5) is 5.69 Å². The summed E-state index contributed by atoms with van der Waals surface area (Å²) in [6.45, 7) is 2.06. The molecular weight excluding hydrogens is 224 g/mol. The second kappa shape index (κ2) is 4.60. The number of nitrogens with zero attached hydrogens (tertiary/aromatic N) is 3. The van der Waals surface area contributed by atoms with Crippen molar-refractivity contribution >= 4 is 11.7 Å². The second-order valence-electron chi connectivity index (χ2n) is 3.32. The molecule has 7 heteroatoms. The van der Waals surface area contributed by atoms with E-state index in [0.29, 0.717) is 23.9 Å². The first-order chi connectivity index (χ1) is 8.15. The van der Waals surface area contributed by atoms with E-state index < -0.39 is 5.97 Å². The monoisotopic (exact) mass is 234 g/mol. The molecule has 2 aromatic rings. The van der Waals surface area contributed by atoms with E-state index in [-0.39, 0.29) is 5.69 Å². The number of hydrogen-bond acceptors (Lipinski definition) is 6. The summed E-state index contributed by atoms with van der Waals surface area (Å²) in [5.74, 6) is -0.0667. The molecular formula is C10H10N4O3. The van der Waals surface area contributed by atoms with Crippen LogP contribution in [-0.4, -0.2) is 26.2 Å². The van der Waals surface area contributed by atoms with Crippen molar-refractivity contribution in [1.29, 1.82) is 0 Å². The molecule has 0 saturated heterocycles. The molecule has 2 N–H and O–H groups in total. The zero-order valence-corrected chi connectivity index (χ0v) is 9.04. The number of rotatable bonds is 4. The molecule has 0 aromatic carbocycles. The van der Waals surface area contributed by atoms with Crippen molar-refractivity contribution in [3.05, 3.63) is 35.7 Å². The molecule has 2 rings (SSSR count). The summed E-state index contributed by atoms with van der Waals surface area (Å²) < 4.78 is 4.81. The third-order valence-corrected chi connectivity index (χ3v) is 2.00. The quantitative estimate of drug-likeness (QED) is 0.816. The SMILES string of the molecule is Cc1nc(CNc2ccnc(C(=O)O)c2)no1. The minimum Gasteiger partial charge on any atom is -0.477 e. The second-order valence-corrected chi connectivity index (χ2v) is 3.32. The molecule has 2 aromatic heterocycles. The Hall–Kier alpha value is -2.44. The first-order valence-electron chi connectivity index (χ1n) is 4.87. The predicted octanol–water partition coefficient (Wildman–Crippen LogP) is 1.08. The normalized spacial score (nSPS) is 10.2. The molecule has 0 unspecified atom stereocenters. The van der Waals surface area contributed by atoms with Gasteiger partial charge in [0, 0.05) is 18.8 Å². The van der Waals surface area contributed by atoms with Crippen LogP contribution in [0.15, 0.2) is 22.9 Å². The Labute approximate surface area is 96.5 Å². The van der Waals surface area contributed by atoms with Gasteiger partial charge in [-0.25, -0.2) is 9.78 Å². The Bertz CT molecular complexity index is 538. The number of aryl methyl sites for hydroxylation is 1. The lowest BCUT2D eigenvalue weighted by atomic mass is 10.3. The van der Waals surface area contributed by atoms with Gasteiger partial charge in [-0.1, -0.05) is 5.16 Å². The van der Waals surface area contributed by atoms with Gasteiger partial charge in [0.1, 0.15) is 5.69 Å². The molecule has 0 saturated carbocycles. The summed E-state index contributed by atoms with van der Waals surface area (Å²) in [5, 5.41) is 15.5. The smallest absolute Gasteiger partial charge is 0.354 e. The van der Waals surface area contributed by atoms with E-state index in [1.807, 2.05) is 0 Å². The third kappa shape index (κ3) is 2.77. The molecule has 0 fully saturated rings. The van der Waals surface area contributed by atoms with E-state index in [0.717, 1.165) is 0 Å². The minimum atomic E-state index is -1.07. The molecule has 0 atom stereocenters. The largest absolute Gasteiger partial charge is 0.477 e. The summed E-state index contributed by atoms with van der Waals surface area (Å²) in [5.41, 5.74) is 0.624. The number of pyridine rings is 1. The summed E-state index contributed by atoms with van der Waals surface area (Å²) in [4.78, 5) is 18.4. The number of aromatic carboxylic acids is 1. The van der Waals surface area contributed by atoms with Gasteiger partial charge >= 0.3 is 5.97 Å². The van der Waals surface area contributed by atoms with Gasteiger partial charge in [-0.15, -0.1) is 0 Å². The molecule has 17 heavy (non-hydrogen) atoms. The molecule has 0 amide bonds. The van der Waals surface area contributed by atoms with Crippen LogP contribution in [0.2, 0.25) is 0 Å². The van der Waals surface area contributed by atoms with Crippen molar-refractivity contribution in [2.24, 2.45) is 0 Å². The number of aromatic nitrogens is 3. The number of anilines is 1. The lowest BCUT2D eigenvalue weighted by Gasteiger charge is -2.03. The van der Waals surface area contributed by atoms with Crippen molar-refractivity contribution in [2.45, 2.75) is 13.5 Å². The van der Waals surface area contributed by atoms with Crippen LogP contribution in [0.3, 0.4) is 0 Å². The Morgan fingerprint density at radius 3 is 3.06 bits per heavy atom. The highest BCUT2D eigenvalue weighted by molar-refractivity contribution is 5.86. The van der Waals surface area contributed by atoms with Gasteiger partial charge in [-0.2, -0.15) is 4.98 Å². The van der Waals surface area contributed by atoms with E-state index in [9.17, 15) is 4.79 Å². The highest BCUT2D eigenvalue weighted by Gasteiger charge is 2.06. The molecule has 0 aliphatic rings. The van der Waals surface area contributed by atoms with Gasteiger partial charge in [0.2, 0.25) is 5.89 Å². The molecule has 88 valence electrons. The molecule has 0 spiro atoms. The highest BCUT2D eigenvalue weighted by atomic mass is 16.5. The maximum Gasteiger partial charge on any atom is 0.354 e. The summed E-state index contributed by atoms with van der Waals surface area (Å²) in [6, 6.07) is 3.11. The topological polar surface area (TPSA) is 101 Å². The number of carboxylic acid groups (broad SMARTS) is 1. The molecule has 0 radical (unpaired) electrons. The van der Waals surface area contributed by atoms with Crippen molar-refractivity contribution in [1.82, 2.24) is 15.1 Å². The van der Waals surface area contributed by atoms with E-state index in [2.05, 4.69) is 20.4 Å². The van der Waals surface area contributed by atoms with Crippen molar-refractivity contribution in [3.63, 3.8) is 0 Å². The lowest BCUT2D eigenvalue weighted by Crippen LogP contribution is -2.04. The lowest BCUT2D eigenvalue weighted by molar-refractivity contribution is 0.0690. The van der Waals surface area contributed by atoms with Crippen LogP contribution in [-0.2, 0) is 6.54 Å². The minimum absolute atomic E-state index is 0.0145. The van der Waals surface area contributed by atoms with Crippen molar-refractivity contribution in [2.75, 3.05) is 5.32 Å². The maximum absolute atomic E-state index is 10.7. The van der Waals surface area contributed by atoms with Crippen LogP contribution in [0, 0.1) is 6.92 Å². The van der Waals surface area contributed by atoms with Gasteiger partial charge in [-0.3, -0.25) is 0 Å². The standard InChI is InChI=1S/C10H10N4O3/c1-6-13-9(14-17-6)5-12-7-2-3-11-8(4-7)10(15)16/h2-4H,5H2,1H3,(H,11,12)(H,15,16). The van der Waals surface area contributed by atoms with E-state index in [4.69, 9.17) is 9.63 Å². The fraction of sp³-hybridized carbons (Fsp3) is 0.200. The van der Waals surface area contributed by atoms with Gasteiger partial charge in [0.15, 0.2) is 5.82 Å². The Balaban J connectivity index is 2.04. The number of nitrogens with one attached hydrogen (secondary N) is 1. The number of hydrogen-bond donors (Lipinski definition) is 2. The number of carboxylic acids is 1. The van der Waals surface area contributed by atoms with Crippen LogP contribution in [0.5, 0.6) is 0 Å². The Morgan fingerprint density at radius 1 is 1.59 bits per heavy atom. The average Bonchev–Trinajstić information content (AvgIpc) is 2.73. The van der Waals surface area contributed by atoms with Gasteiger partial charge < -0.3 is 14.9 Å². The zero-order valence-electron chi connectivity index (χ0n) is 9.04. The predicted molar refractivity (Wildman–Crippen MR) is 57.6 cm³/mol.